The quantitative estimate of drug-likeness (QED) is 0.869. The number of nitrogens with zero attached hydrogens (tertiary/aromatic N) is 1. The smallest absolute Gasteiger partial charge is 0.158 e. The van der Waals surface area contributed by atoms with E-state index in [9.17, 15) is 12.8 Å². The Balaban J connectivity index is 2.20. The zero-order chi connectivity index (χ0) is 14.6. The summed E-state index contributed by atoms with van der Waals surface area (Å²) < 4.78 is 37.6. The Hall–Kier alpha value is -2.19. The third-order valence-corrected chi connectivity index (χ3v) is 4.30. The van der Waals surface area contributed by atoms with Crippen LogP contribution in [0.25, 0.3) is 0 Å². The SMILES string of the molecule is N#Cc1cccc(CS(=O)(=O)Cc2ccccc2F)c1. The Morgan fingerprint density at radius 2 is 1.80 bits per heavy atom. The van der Waals surface area contributed by atoms with Crippen molar-refractivity contribution in [2.45, 2.75) is 11.5 Å². The number of hydrogen-bond acceptors (Lipinski definition) is 3. The average molecular weight is 289 g/mol. The maximum atomic E-state index is 13.5. The number of halogens is 1. The first-order valence-corrected chi connectivity index (χ1v) is 7.75. The zero-order valence-corrected chi connectivity index (χ0v) is 11.4. The van der Waals surface area contributed by atoms with E-state index in [0.717, 1.165) is 0 Å². The standard InChI is InChI=1S/C15H12FNO2S/c16-15-7-2-1-6-14(15)11-20(18,19)10-13-5-3-4-12(8-13)9-17/h1-8H,10-11H2. The Morgan fingerprint density at radius 3 is 2.50 bits per heavy atom. The Morgan fingerprint density at radius 1 is 1.05 bits per heavy atom. The lowest BCUT2D eigenvalue weighted by molar-refractivity contribution is 0.586. The van der Waals surface area contributed by atoms with Crippen molar-refractivity contribution >= 4 is 9.84 Å². The van der Waals surface area contributed by atoms with E-state index in [-0.39, 0.29) is 17.1 Å². The molecular weight excluding hydrogens is 277 g/mol. The summed E-state index contributed by atoms with van der Waals surface area (Å²) in [5, 5.41) is 8.78. The van der Waals surface area contributed by atoms with E-state index in [1.807, 2.05) is 6.07 Å². The summed E-state index contributed by atoms with van der Waals surface area (Å²) >= 11 is 0. The summed E-state index contributed by atoms with van der Waals surface area (Å²) in [5.41, 5.74) is 1.09. The van der Waals surface area contributed by atoms with Crippen LogP contribution in [0.15, 0.2) is 48.5 Å². The summed E-state index contributed by atoms with van der Waals surface area (Å²) in [7, 11) is -3.48. The van der Waals surface area contributed by atoms with E-state index in [0.29, 0.717) is 11.1 Å². The first-order valence-electron chi connectivity index (χ1n) is 5.93. The highest BCUT2D eigenvalue weighted by Gasteiger charge is 2.15. The van der Waals surface area contributed by atoms with Gasteiger partial charge in [0.25, 0.3) is 0 Å². The average Bonchev–Trinajstić information content (AvgIpc) is 2.41. The summed E-state index contributed by atoms with van der Waals surface area (Å²) in [6.45, 7) is 0. The second-order valence-electron chi connectivity index (χ2n) is 4.44. The van der Waals surface area contributed by atoms with Crippen molar-refractivity contribution in [3.8, 4) is 6.07 Å². The molecule has 20 heavy (non-hydrogen) atoms. The third kappa shape index (κ3) is 3.65. The number of rotatable bonds is 4. The highest BCUT2D eigenvalue weighted by molar-refractivity contribution is 7.89. The molecular formula is C15H12FNO2S. The van der Waals surface area contributed by atoms with Crippen molar-refractivity contribution in [3.05, 3.63) is 71.0 Å². The van der Waals surface area contributed by atoms with E-state index in [4.69, 9.17) is 5.26 Å². The minimum absolute atomic E-state index is 0.156. The van der Waals surface area contributed by atoms with E-state index < -0.39 is 15.7 Å². The Kier molecular flexibility index (Phi) is 4.16. The van der Waals surface area contributed by atoms with Crippen LogP contribution in [0.4, 0.5) is 4.39 Å². The van der Waals surface area contributed by atoms with Gasteiger partial charge in [-0.25, -0.2) is 12.8 Å². The molecule has 2 aromatic rings. The van der Waals surface area contributed by atoms with Crippen LogP contribution < -0.4 is 0 Å². The molecule has 0 aliphatic carbocycles. The van der Waals surface area contributed by atoms with E-state index in [2.05, 4.69) is 0 Å². The molecule has 0 amide bonds. The summed E-state index contributed by atoms with van der Waals surface area (Å²) in [6.07, 6.45) is 0. The van der Waals surface area contributed by atoms with Gasteiger partial charge in [0.15, 0.2) is 9.84 Å². The molecule has 0 fully saturated rings. The van der Waals surface area contributed by atoms with Gasteiger partial charge in [0, 0.05) is 5.56 Å². The molecule has 0 saturated heterocycles. The lowest BCUT2D eigenvalue weighted by Crippen LogP contribution is -2.09. The minimum Gasteiger partial charge on any atom is -0.228 e. The molecule has 5 heteroatoms. The summed E-state index contributed by atoms with van der Waals surface area (Å²) in [4.78, 5) is 0. The van der Waals surface area contributed by atoms with Crippen LogP contribution in [0, 0.1) is 17.1 Å². The van der Waals surface area contributed by atoms with Crippen LogP contribution in [0.5, 0.6) is 0 Å². The predicted molar refractivity (Wildman–Crippen MR) is 73.9 cm³/mol. The topological polar surface area (TPSA) is 57.9 Å². The van der Waals surface area contributed by atoms with Crippen molar-refractivity contribution in [3.63, 3.8) is 0 Å². The molecule has 0 atom stereocenters. The highest BCUT2D eigenvalue weighted by atomic mass is 32.2. The van der Waals surface area contributed by atoms with Crippen LogP contribution in [0.2, 0.25) is 0 Å². The van der Waals surface area contributed by atoms with Crippen molar-refractivity contribution in [2.24, 2.45) is 0 Å². The number of nitriles is 1. The second-order valence-corrected chi connectivity index (χ2v) is 6.50. The lowest BCUT2D eigenvalue weighted by Gasteiger charge is -2.06. The molecule has 0 radical (unpaired) electrons. The van der Waals surface area contributed by atoms with Crippen LogP contribution >= 0.6 is 0 Å². The van der Waals surface area contributed by atoms with Gasteiger partial charge in [-0.2, -0.15) is 5.26 Å². The van der Waals surface area contributed by atoms with Crippen molar-refractivity contribution < 1.29 is 12.8 Å². The molecule has 2 aromatic carbocycles. The molecule has 0 N–H and O–H groups in total. The monoisotopic (exact) mass is 289 g/mol. The fraction of sp³-hybridized carbons (Fsp3) is 0.133. The van der Waals surface area contributed by atoms with Gasteiger partial charge in [0.05, 0.1) is 23.1 Å². The van der Waals surface area contributed by atoms with Crippen molar-refractivity contribution in [2.75, 3.05) is 0 Å². The Bertz CT molecular complexity index is 763. The fourth-order valence-corrected chi connectivity index (χ4v) is 3.39. The van der Waals surface area contributed by atoms with Gasteiger partial charge in [-0.1, -0.05) is 30.3 Å². The van der Waals surface area contributed by atoms with Gasteiger partial charge < -0.3 is 0 Å². The van der Waals surface area contributed by atoms with E-state index >= 15 is 0 Å². The van der Waals surface area contributed by atoms with Crippen molar-refractivity contribution in [1.82, 2.24) is 0 Å². The predicted octanol–water partition coefficient (Wildman–Crippen LogP) is 2.81. The highest BCUT2D eigenvalue weighted by Crippen LogP contribution is 2.15. The van der Waals surface area contributed by atoms with Gasteiger partial charge in [-0.05, 0) is 23.8 Å². The minimum atomic E-state index is -3.48. The maximum absolute atomic E-state index is 13.5. The van der Waals surface area contributed by atoms with Crippen LogP contribution in [-0.4, -0.2) is 8.42 Å². The first-order chi connectivity index (χ1) is 9.50. The van der Waals surface area contributed by atoms with E-state index in [1.165, 1.54) is 24.3 Å². The fourth-order valence-electron chi connectivity index (χ4n) is 1.89. The zero-order valence-electron chi connectivity index (χ0n) is 10.6. The van der Waals surface area contributed by atoms with Gasteiger partial charge in [-0.15, -0.1) is 0 Å². The Labute approximate surface area is 117 Å². The van der Waals surface area contributed by atoms with Crippen LogP contribution in [0.1, 0.15) is 16.7 Å². The molecule has 0 aliphatic heterocycles. The van der Waals surface area contributed by atoms with Gasteiger partial charge in [-0.3, -0.25) is 0 Å². The molecule has 0 aromatic heterocycles. The molecule has 0 bridgehead atoms. The number of sulfone groups is 1. The molecule has 0 aliphatic rings. The molecule has 3 nitrogen and oxygen atoms in total. The van der Waals surface area contributed by atoms with Gasteiger partial charge >= 0.3 is 0 Å². The van der Waals surface area contributed by atoms with Crippen molar-refractivity contribution in [1.29, 1.82) is 5.26 Å². The largest absolute Gasteiger partial charge is 0.228 e. The van der Waals surface area contributed by atoms with Gasteiger partial charge in [0.1, 0.15) is 5.82 Å². The third-order valence-electron chi connectivity index (χ3n) is 2.78. The molecule has 0 saturated carbocycles. The molecule has 0 unspecified atom stereocenters. The molecule has 0 spiro atoms. The molecule has 102 valence electrons. The summed E-state index contributed by atoms with van der Waals surface area (Å²) in [5.74, 6) is -1.09. The number of benzene rings is 2. The van der Waals surface area contributed by atoms with E-state index in [1.54, 1.807) is 24.3 Å². The maximum Gasteiger partial charge on any atom is 0.158 e. The van der Waals surface area contributed by atoms with Crippen LogP contribution in [0.3, 0.4) is 0 Å². The number of hydrogen-bond donors (Lipinski definition) is 0. The lowest BCUT2D eigenvalue weighted by atomic mass is 10.2. The van der Waals surface area contributed by atoms with Gasteiger partial charge in [0.2, 0.25) is 0 Å². The molecule has 2 rings (SSSR count). The first kappa shape index (κ1) is 14.2. The van der Waals surface area contributed by atoms with Crippen LogP contribution in [-0.2, 0) is 21.3 Å². The molecule has 0 heterocycles. The second kappa shape index (κ2) is 5.85. The summed E-state index contributed by atoms with van der Waals surface area (Å²) in [6, 6.07) is 14.2. The normalized spacial score (nSPS) is 11.0.